The molecule has 2 unspecified atom stereocenters. The number of aliphatic hydroxyl groups excluding tert-OH is 2. The van der Waals surface area contributed by atoms with Crippen LogP contribution in [-0.2, 0) is 14.3 Å². The van der Waals surface area contributed by atoms with Gasteiger partial charge in [-0.1, -0.05) is 383 Å². The molecule has 0 bridgehead atoms. The Kier molecular flexibility index (Phi) is 75.4. The van der Waals surface area contributed by atoms with Gasteiger partial charge in [0.2, 0.25) is 5.91 Å². The molecule has 0 saturated heterocycles. The Bertz CT molecular complexity index is 1470. The average molecular weight is 1240 g/mol. The lowest BCUT2D eigenvalue weighted by Gasteiger charge is -2.20. The van der Waals surface area contributed by atoms with Crippen molar-refractivity contribution < 1.29 is 24.5 Å². The van der Waals surface area contributed by atoms with E-state index in [1.54, 1.807) is 6.08 Å². The third-order valence-corrected chi connectivity index (χ3v) is 18.6. The summed E-state index contributed by atoms with van der Waals surface area (Å²) in [7, 11) is 0. The summed E-state index contributed by atoms with van der Waals surface area (Å²) in [4.78, 5) is 24.6. The van der Waals surface area contributed by atoms with Gasteiger partial charge in [0, 0.05) is 12.8 Å². The van der Waals surface area contributed by atoms with E-state index in [1.165, 1.54) is 360 Å². The van der Waals surface area contributed by atoms with Crippen molar-refractivity contribution in [3.8, 4) is 0 Å². The number of carbonyl (C=O) groups is 2. The van der Waals surface area contributed by atoms with Gasteiger partial charge in [0.15, 0.2) is 0 Å². The van der Waals surface area contributed by atoms with Gasteiger partial charge in [0.05, 0.1) is 25.4 Å². The zero-order valence-electron chi connectivity index (χ0n) is 59.5. The first-order chi connectivity index (χ1) is 43.5. The number of nitrogens with one attached hydrogen (secondary N) is 1. The molecule has 0 fully saturated rings. The van der Waals surface area contributed by atoms with Crippen LogP contribution < -0.4 is 5.32 Å². The Labute approximate surface area is 550 Å². The van der Waals surface area contributed by atoms with E-state index in [4.69, 9.17) is 4.74 Å². The fourth-order valence-corrected chi connectivity index (χ4v) is 12.5. The summed E-state index contributed by atoms with van der Waals surface area (Å²) in [6, 6.07) is -0.627. The maximum Gasteiger partial charge on any atom is 0.305 e. The highest BCUT2D eigenvalue weighted by Gasteiger charge is 2.18. The average Bonchev–Trinajstić information content (AvgIpc) is 3.58. The third kappa shape index (κ3) is 72.9. The van der Waals surface area contributed by atoms with Crippen molar-refractivity contribution in [1.29, 1.82) is 0 Å². The molecule has 0 aliphatic heterocycles. The van der Waals surface area contributed by atoms with Crippen molar-refractivity contribution in [3.63, 3.8) is 0 Å². The molecule has 0 aromatic carbocycles. The van der Waals surface area contributed by atoms with E-state index in [0.29, 0.717) is 19.4 Å². The minimum atomic E-state index is -0.844. The zero-order valence-corrected chi connectivity index (χ0v) is 59.5. The second kappa shape index (κ2) is 77.3. The number of hydrogen-bond acceptors (Lipinski definition) is 5. The predicted molar refractivity (Wildman–Crippen MR) is 389 cm³/mol. The van der Waals surface area contributed by atoms with Crippen LogP contribution in [0.15, 0.2) is 48.6 Å². The molecule has 1 amide bonds. The van der Waals surface area contributed by atoms with E-state index in [9.17, 15) is 19.8 Å². The normalized spacial score (nSPS) is 12.7. The summed E-state index contributed by atoms with van der Waals surface area (Å²) in [6.07, 6.45) is 102. The fraction of sp³-hybridized carbons (Fsp3) is 0.878. The Balaban J connectivity index is 3.37. The molecule has 0 aliphatic rings. The van der Waals surface area contributed by atoms with Crippen molar-refractivity contribution in [3.05, 3.63) is 48.6 Å². The molecule has 3 N–H and O–H groups in total. The van der Waals surface area contributed by atoms with Gasteiger partial charge < -0.3 is 20.3 Å². The second-order valence-electron chi connectivity index (χ2n) is 27.4. The Hall–Kier alpha value is -2.18. The van der Waals surface area contributed by atoms with Crippen LogP contribution in [0.2, 0.25) is 0 Å². The quantitative estimate of drug-likeness (QED) is 0.0320. The summed E-state index contributed by atoms with van der Waals surface area (Å²) in [5.41, 5.74) is 0. The van der Waals surface area contributed by atoms with Gasteiger partial charge in [0.25, 0.3) is 0 Å². The fourth-order valence-electron chi connectivity index (χ4n) is 12.5. The van der Waals surface area contributed by atoms with E-state index < -0.39 is 12.1 Å². The van der Waals surface area contributed by atoms with Gasteiger partial charge in [-0.3, -0.25) is 9.59 Å². The Morgan fingerprint density at radius 1 is 0.318 bits per heavy atom. The van der Waals surface area contributed by atoms with E-state index in [0.717, 1.165) is 51.4 Å². The number of unbranched alkanes of at least 4 members (excludes halogenated alkanes) is 58. The van der Waals surface area contributed by atoms with Gasteiger partial charge in [-0.05, 0) is 89.9 Å². The number of allylic oxidation sites excluding steroid dienone is 7. The molecule has 0 heterocycles. The molecule has 0 aromatic heterocycles. The molecule has 2 atom stereocenters. The van der Waals surface area contributed by atoms with Crippen molar-refractivity contribution in [2.75, 3.05) is 13.2 Å². The number of amides is 1. The number of ether oxygens (including phenoxy) is 1. The maximum absolute atomic E-state index is 12.5. The summed E-state index contributed by atoms with van der Waals surface area (Å²) in [5.74, 6) is -0.0496. The molecule has 0 spiro atoms. The number of aliphatic hydroxyl groups is 2. The molecular weight excluding hydrogens is 1080 g/mol. The monoisotopic (exact) mass is 1230 g/mol. The molecule has 88 heavy (non-hydrogen) atoms. The summed E-state index contributed by atoms with van der Waals surface area (Å²) < 4.78 is 5.50. The largest absolute Gasteiger partial charge is 0.466 e. The van der Waals surface area contributed by atoms with Crippen LogP contribution in [0, 0.1) is 0 Å². The molecular formula is C82H155NO5. The minimum absolute atomic E-state index is 0.0111. The van der Waals surface area contributed by atoms with Gasteiger partial charge >= 0.3 is 5.97 Å². The smallest absolute Gasteiger partial charge is 0.305 e. The van der Waals surface area contributed by atoms with Crippen LogP contribution in [0.25, 0.3) is 0 Å². The summed E-state index contributed by atoms with van der Waals surface area (Å²) in [5, 5.41) is 23.3. The lowest BCUT2D eigenvalue weighted by Crippen LogP contribution is -2.45. The third-order valence-electron chi connectivity index (χ3n) is 18.6. The lowest BCUT2D eigenvalue weighted by atomic mass is 10.0. The topological polar surface area (TPSA) is 95.9 Å². The van der Waals surface area contributed by atoms with Gasteiger partial charge in [-0.2, -0.15) is 0 Å². The first-order valence-electron chi connectivity index (χ1n) is 39.9. The number of hydrogen-bond donors (Lipinski definition) is 3. The van der Waals surface area contributed by atoms with Gasteiger partial charge in [-0.25, -0.2) is 0 Å². The number of carbonyl (C=O) groups excluding carboxylic acids is 2. The van der Waals surface area contributed by atoms with E-state index >= 15 is 0 Å². The highest BCUT2D eigenvalue weighted by Crippen LogP contribution is 2.19. The van der Waals surface area contributed by atoms with Crippen LogP contribution in [0.5, 0.6) is 0 Å². The van der Waals surface area contributed by atoms with Gasteiger partial charge in [0.1, 0.15) is 0 Å². The second-order valence-corrected chi connectivity index (χ2v) is 27.4. The molecule has 0 aliphatic carbocycles. The SMILES string of the molecule is CCCCC/C=C\C/C=C\CCCCCCCCCC(=O)OCCCCCCCCCCCCCC/C=C\CCCCCCCCCCCCCCCCCCCC(=O)NC(CO)C(O)/C=C/CCCCCCCCCCCCCCCCCCCCC. The lowest BCUT2D eigenvalue weighted by molar-refractivity contribution is -0.143. The molecule has 6 nitrogen and oxygen atoms in total. The molecule has 518 valence electrons. The summed E-state index contributed by atoms with van der Waals surface area (Å²) >= 11 is 0. The first-order valence-corrected chi connectivity index (χ1v) is 39.9. The highest BCUT2D eigenvalue weighted by molar-refractivity contribution is 5.76. The minimum Gasteiger partial charge on any atom is -0.466 e. The van der Waals surface area contributed by atoms with E-state index in [2.05, 4.69) is 55.6 Å². The number of esters is 1. The van der Waals surface area contributed by atoms with Crippen LogP contribution in [0.1, 0.15) is 438 Å². The highest BCUT2D eigenvalue weighted by atomic mass is 16.5. The molecule has 0 saturated carbocycles. The Morgan fingerprint density at radius 2 is 0.568 bits per heavy atom. The van der Waals surface area contributed by atoms with Crippen molar-refractivity contribution in [2.24, 2.45) is 0 Å². The predicted octanol–water partition coefficient (Wildman–Crippen LogP) is 26.4. The van der Waals surface area contributed by atoms with Crippen LogP contribution in [0.4, 0.5) is 0 Å². The zero-order chi connectivity index (χ0) is 63.5. The Morgan fingerprint density at radius 3 is 0.898 bits per heavy atom. The number of rotatable bonds is 75. The van der Waals surface area contributed by atoms with Crippen LogP contribution >= 0.6 is 0 Å². The molecule has 6 heteroatoms. The maximum atomic E-state index is 12.5. The van der Waals surface area contributed by atoms with Crippen molar-refractivity contribution in [2.45, 2.75) is 450 Å². The van der Waals surface area contributed by atoms with Crippen molar-refractivity contribution >= 4 is 11.9 Å². The van der Waals surface area contributed by atoms with Crippen LogP contribution in [0.3, 0.4) is 0 Å². The molecule has 0 aromatic rings. The van der Waals surface area contributed by atoms with Gasteiger partial charge in [-0.15, -0.1) is 0 Å². The molecule has 0 rings (SSSR count). The van der Waals surface area contributed by atoms with Crippen LogP contribution in [-0.4, -0.2) is 47.4 Å². The molecule has 0 radical (unpaired) electrons. The first kappa shape index (κ1) is 85.8. The van der Waals surface area contributed by atoms with Crippen molar-refractivity contribution in [1.82, 2.24) is 5.32 Å². The van der Waals surface area contributed by atoms with E-state index in [-0.39, 0.29) is 18.5 Å². The van der Waals surface area contributed by atoms with E-state index in [1.807, 2.05) is 6.08 Å². The summed E-state index contributed by atoms with van der Waals surface area (Å²) in [6.45, 7) is 4.92. The standard InChI is InChI=1S/C82H155NO5/c1-3-5-7-9-11-13-15-17-19-21-22-36-39-43-46-50-54-58-62-66-70-74-80(85)79(78-84)83-81(86)75-71-67-63-59-55-51-47-44-40-37-34-32-30-28-26-24-23-25-27-29-31-33-35-38-41-45-49-53-57-61-65-69-73-77-88-82(87)76-72-68-64-60-56-52-48-42-20-18-16-14-12-10-8-6-4-2/h12,14,18,20,27,29,70,74,79-80,84-85H,3-11,13,15-17,19,21-26,28,30-69,71-73,75-78H2,1-2H3,(H,83,86)/b14-12-,20-18-,29-27-,74-70+.